The van der Waals surface area contributed by atoms with Gasteiger partial charge >= 0.3 is 0 Å². The van der Waals surface area contributed by atoms with Crippen LogP contribution >= 0.6 is 35.1 Å². The molecule has 1 atom stereocenters. The molecule has 5 heteroatoms. The number of nitrogens with zero attached hydrogens (tertiary/aromatic N) is 1. The molecule has 0 unspecified atom stereocenters. The van der Waals surface area contributed by atoms with Gasteiger partial charge in [-0.15, -0.1) is 23.5 Å². The van der Waals surface area contributed by atoms with Crippen molar-refractivity contribution < 1.29 is 4.79 Å². The highest BCUT2D eigenvalue weighted by molar-refractivity contribution is 8.00. The third kappa shape index (κ3) is 4.25. The summed E-state index contributed by atoms with van der Waals surface area (Å²) in [5, 5.41) is 1.24. The number of carbonyl (C=O) groups excluding carboxylic acids is 1. The smallest absolute Gasteiger partial charge is 0.237 e. The van der Waals surface area contributed by atoms with Gasteiger partial charge in [-0.2, -0.15) is 0 Å². The minimum atomic E-state index is 0.159. The molecule has 2 aromatic rings. The van der Waals surface area contributed by atoms with Crippen molar-refractivity contribution >= 4 is 46.7 Å². The minimum Gasteiger partial charge on any atom is -0.311 e. The molecule has 1 amide bonds. The molecule has 2 nitrogen and oxygen atoms in total. The van der Waals surface area contributed by atoms with E-state index in [0.717, 1.165) is 23.5 Å². The van der Waals surface area contributed by atoms with E-state index in [1.54, 1.807) is 11.8 Å². The van der Waals surface area contributed by atoms with Crippen LogP contribution in [0.5, 0.6) is 0 Å². The van der Waals surface area contributed by atoms with Crippen LogP contribution in [0, 0.1) is 0 Å². The second kappa shape index (κ2) is 7.65. The monoisotopic (exact) mass is 363 g/mol. The summed E-state index contributed by atoms with van der Waals surface area (Å²) in [5.41, 5.74) is 1.04. The first kappa shape index (κ1) is 16.7. The second-order valence-corrected chi connectivity index (χ2v) is 8.44. The van der Waals surface area contributed by atoms with Crippen LogP contribution in [0.1, 0.15) is 13.3 Å². The molecule has 0 aliphatic carbocycles. The summed E-state index contributed by atoms with van der Waals surface area (Å²) in [6.45, 7) is 3.00. The first-order valence-corrected chi connectivity index (χ1v) is 9.82. The van der Waals surface area contributed by atoms with Gasteiger partial charge in [-0.25, -0.2) is 0 Å². The van der Waals surface area contributed by atoms with E-state index in [2.05, 4.69) is 13.0 Å². The standard InChI is InChI=1S/C18H18ClNOS2/c1-13-10-11-20(16-4-2-3-5-17(16)23-13)18(21)12-22-15-8-6-14(19)7-9-15/h2-9,13H,10-12H2,1H3/t13-/m1/s1. The normalized spacial score (nSPS) is 17.5. The highest BCUT2D eigenvalue weighted by Gasteiger charge is 2.23. The number of halogens is 1. The van der Waals surface area contributed by atoms with Gasteiger partial charge in [0.05, 0.1) is 11.4 Å². The number of carbonyl (C=O) groups is 1. The lowest BCUT2D eigenvalue weighted by Crippen LogP contribution is -2.33. The summed E-state index contributed by atoms with van der Waals surface area (Å²) in [6.07, 6.45) is 1.01. The number of hydrogen-bond acceptors (Lipinski definition) is 3. The fraction of sp³-hybridized carbons (Fsp3) is 0.278. The summed E-state index contributed by atoms with van der Waals surface area (Å²) < 4.78 is 0. The van der Waals surface area contributed by atoms with Gasteiger partial charge in [0.2, 0.25) is 5.91 Å². The van der Waals surface area contributed by atoms with Crippen molar-refractivity contribution in [1.29, 1.82) is 0 Å². The maximum atomic E-state index is 12.7. The van der Waals surface area contributed by atoms with Crippen LogP contribution in [-0.4, -0.2) is 23.5 Å². The average Bonchev–Trinajstić information content (AvgIpc) is 2.72. The van der Waals surface area contributed by atoms with Gasteiger partial charge < -0.3 is 4.90 Å². The molecule has 1 aliphatic rings. The lowest BCUT2D eigenvalue weighted by Gasteiger charge is -2.22. The van der Waals surface area contributed by atoms with Crippen molar-refractivity contribution in [3.8, 4) is 0 Å². The van der Waals surface area contributed by atoms with Crippen molar-refractivity contribution in [2.45, 2.75) is 28.4 Å². The zero-order chi connectivity index (χ0) is 16.2. The molecule has 0 N–H and O–H groups in total. The van der Waals surface area contributed by atoms with E-state index in [0.29, 0.717) is 16.0 Å². The van der Waals surface area contributed by atoms with Gasteiger partial charge in [-0.1, -0.05) is 30.7 Å². The SMILES string of the molecule is C[C@@H]1CCN(C(=O)CSc2ccc(Cl)cc2)c2ccccc2S1. The molecular formula is C18H18ClNOS2. The summed E-state index contributed by atoms with van der Waals surface area (Å²) in [7, 11) is 0. The fourth-order valence-corrected chi connectivity index (χ4v) is 4.51. The molecule has 3 rings (SSSR count). The Labute approximate surface area is 150 Å². The average molecular weight is 364 g/mol. The Bertz CT molecular complexity index is 690. The predicted molar refractivity (Wildman–Crippen MR) is 101 cm³/mol. The number of para-hydroxylation sites is 1. The molecule has 1 heterocycles. The molecule has 0 fully saturated rings. The molecular weight excluding hydrogens is 346 g/mol. The zero-order valence-electron chi connectivity index (χ0n) is 12.9. The van der Waals surface area contributed by atoms with Crippen LogP contribution in [0.3, 0.4) is 0 Å². The maximum Gasteiger partial charge on any atom is 0.237 e. The number of fused-ring (bicyclic) bond motifs is 1. The summed E-state index contributed by atoms with van der Waals surface area (Å²) >= 11 is 9.31. The zero-order valence-corrected chi connectivity index (χ0v) is 15.3. The van der Waals surface area contributed by atoms with Crippen LogP contribution in [-0.2, 0) is 4.79 Å². The van der Waals surface area contributed by atoms with Crippen molar-refractivity contribution in [1.82, 2.24) is 0 Å². The summed E-state index contributed by atoms with van der Waals surface area (Å²) in [5.74, 6) is 0.599. The molecule has 120 valence electrons. The van der Waals surface area contributed by atoms with Crippen LogP contribution in [0.4, 0.5) is 5.69 Å². The maximum absolute atomic E-state index is 12.7. The summed E-state index contributed by atoms with van der Waals surface area (Å²) in [6, 6.07) is 15.8. The first-order valence-electron chi connectivity index (χ1n) is 7.58. The largest absolute Gasteiger partial charge is 0.311 e. The molecule has 1 aliphatic heterocycles. The first-order chi connectivity index (χ1) is 11.1. The van der Waals surface area contributed by atoms with E-state index in [4.69, 9.17) is 11.6 Å². The fourth-order valence-electron chi connectivity index (χ4n) is 2.50. The van der Waals surface area contributed by atoms with E-state index in [9.17, 15) is 4.79 Å². The quantitative estimate of drug-likeness (QED) is 0.685. The van der Waals surface area contributed by atoms with E-state index in [1.807, 2.05) is 59.1 Å². The highest BCUT2D eigenvalue weighted by atomic mass is 35.5. The minimum absolute atomic E-state index is 0.159. The van der Waals surface area contributed by atoms with Crippen LogP contribution in [0.25, 0.3) is 0 Å². The Morgan fingerprint density at radius 3 is 2.78 bits per heavy atom. The van der Waals surface area contributed by atoms with Crippen LogP contribution in [0.15, 0.2) is 58.3 Å². The lowest BCUT2D eigenvalue weighted by molar-refractivity contribution is -0.116. The Balaban J connectivity index is 1.72. The molecule has 2 aromatic carbocycles. The van der Waals surface area contributed by atoms with Crippen LogP contribution in [0.2, 0.25) is 5.02 Å². The van der Waals surface area contributed by atoms with Crippen molar-refractivity contribution in [3.63, 3.8) is 0 Å². The van der Waals surface area contributed by atoms with Gasteiger partial charge in [0, 0.05) is 26.6 Å². The molecule has 0 saturated carbocycles. The third-order valence-corrected chi connectivity index (χ3v) is 6.21. The Hall–Kier alpha value is -1.10. The van der Waals surface area contributed by atoms with Gasteiger partial charge in [0.15, 0.2) is 0 Å². The number of thioether (sulfide) groups is 2. The molecule has 23 heavy (non-hydrogen) atoms. The molecule has 0 saturated heterocycles. The predicted octanol–water partition coefficient (Wildman–Crippen LogP) is 5.35. The van der Waals surface area contributed by atoms with E-state index >= 15 is 0 Å². The number of rotatable bonds is 3. The number of anilines is 1. The molecule has 0 radical (unpaired) electrons. The Kier molecular flexibility index (Phi) is 5.57. The number of hydrogen-bond donors (Lipinski definition) is 0. The van der Waals surface area contributed by atoms with Crippen molar-refractivity contribution in [2.75, 3.05) is 17.2 Å². The topological polar surface area (TPSA) is 20.3 Å². The summed E-state index contributed by atoms with van der Waals surface area (Å²) in [4.78, 5) is 16.9. The lowest BCUT2D eigenvalue weighted by atomic mass is 10.2. The molecule has 0 spiro atoms. The number of benzene rings is 2. The highest BCUT2D eigenvalue weighted by Crippen LogP contribution is 2.37. The Morgan fingerprint density at radius 1 is 1.26 bits per heavy atom. The van der Waals surface area contributed by atoms with Gasteiger partial charge in [0.25, 0.3) is 0 Å². The van der Waals surface area contributed by atoms with Gasteiger partial charge in [-0.05, 0) is 42.8 Å². The van der Waals surface area contributed by atoms with E-state index in [1.165, 1.54) is 4.90 Å². The van der Waals surface area contributed by atoms with E-state index in [-0.39, 0.29) is 5.91 Å². The third-order valence-electron chi connectivity index (χ3n) is 3.72. The van der Waals surface area contributed by atoms with Crippen LogP contribution < -0.4 is 4.90 Å². The van der Waals surface area contributed by atoms with Gasteiger partial charge in [0.1, 0.15) is 0 Å². The second-order valence-electron chi connectivity index (χ2n) is 5.47. The molecule has 0 aromatic heterocycles. The van der Waals surface area contributed by atoms with Crippen molar-refractivity contribution in [3.05, 3.63) is 53.6 Å². The number of amides is 1. The van der Waals surface area contributed by atoms with Gasteiger partial charge in [-0.3, -0.25) is 4.79 Å². The Morgan fingerprint density at radius 2 is 2.00 bits per heavy atom. The molecule has 0 bridgehead atoms. The van der Waals surface area contributed by atoms with E-state index < -0.39 is 0 Å². The van der Waals surface area contributed by atoms with Crippen molar-refractivity contribution in [2.24, 2.45) is 0 Å².